The van der Waals surface area contributed by atoms with E-state index in [1.165, 1.54) is 0 Å². The number of unbranched alkanes of at least 4 members (excludes halogenated alkanes) is 1. The van der Waals surface area contributed by atoms with Crippen molar-refractivity contribution in [2.24, 2.45) is 0 Å². The predicted molar refractivity (Wildman–Crippen MR) is 132 cm³/mol. The second-order valence-corrected chi connectivity index (χ2v) is 8.62. The van der Waals surface area contributed by atoms with Gasteiger partial charge >= 0.3 is 0 Å². The molecule has 0 saturated carbocycles. The van der Waals surface area contributed by atoms with Crippen molar-refractivity contribution in [2.45, 2.75) is 45.3 Å². The number of nitrogen functional groups attached to an aromatic ring is 1. The van der Waals surface area contributed by atoms with Crippen LogP contribution in [-0.2, 0) is 17.8 Å². The molecule has 1 saturated heterocycles. The molecule has 10 heteroatoms. The zero-order valence-corrected chi connectivity index (χ0v) is 20.0. The minimum Gasteiger partial charge on any atom is -0.496 e. The van der Waals surface area contributed by atoms with Crippen molar-refractivity contribution >= 4 is 22.8 Å². The summed E-state index contributed by atoms with van der Waals surface area (Å²) in [6.07, 6.45) is 4.95. The molecule has 4 N–H and O–H groups in total. The van der Waals surface area contributed by atoms with E-state index in [9.17, 15) is 5.11 Å². The molecule has 2 aromatic heterocycles. The Morgan fingerprint density at radius 1 is 1.32 bits per heavy atom. The van der Waals surface area contributed by atoms with Crippen molar-refractivity contribution < 1.29 is 14.6 Å². The molecular formula is C24H35N7O3. The van der Waals surface area contributed by atoms with E-state index in [4.69, 9.17) is 20.3 Å². The molecule has 0 radical (unpaired) electrons. The van der Waals surface area contributed by atoms with Gasteiger partial charge in [-0.05, 0) is 24.5 Å². The van der Waals surface area contributed by atoms with Gasteiger partial charge < -0.3 is 30.5 Å². The lowest BCUT2D eigenvalue weighted by molar-refractivity contribution is 0.190. The van der Waals surface area contributed by atoms with Crippen molar-refractivity contribution in [1.29, 1.82) is 0 Å². The van der Waals surface area contributed by atoms with Gasteiger partial charge in [0, 0.05) is 37.8 Å². The number of methoxy groups -OCH3 is 1. The minimum absolute atomic E-state index is 0.0298. The normalized spacial score (nSPS) is 15.8. The molecule has 1 aromatic carbocycles. The Labute approximate surface area is 200 Å². The van der Waals surface area contributed by atoms with Crippen LogP contribution in [0.2, 0.25) is 0 Å². The van der Waals surface area contributed by atoms with E-state index < -0.39 is 0 Å². The van der Waals surface area contributed by atoms with Gasteiger partial charge in [0.1, 0.15) is 11.3 Å². The van der Waals surface area contributed by atoms with E-state index in [0.717, 1.165) is 62.4 Å². The van der Waals surface area contributed by atoms with Crippen LogP contribution in [0, 0.1) is 0 Å². The van der Waals surface area contributed by atoms with E-state index in [1.807, 2.05) is 15.8 Å². The number of hydrogen-bond acceptors (Lipinski definition) is 9. The van der Waals surface area contributed by atoms with Gasteiger partial charge in [-0.2, -0.15) is 10.1 Å². The molecule has 10 nitrogen and oxygen atoms in total. The second kappa shape index (κ2) is 11.5. The largest absolute Gasteiger partial charge is 0.496 e. The van der Waals surface area contributed by atoms with Gasteiger partial charge in [0.25, 0.3) is 0 Å². The van der Waals surface area contributed by atoms with Crippen LogP contribution in [0.25, 0.3) is 11.0 Å². The van der Waals surface area contributed by atoms with Crippen LogP contribution in [-0.4, -0.2) is 70.9 Å². The number of fused-ring (bicyclic) bond motifs is 1. The Hall–Kier alpha value is -2.95. The quantitative estimate of drug-likeness (QED) is 0.365. The molecule has 1 aliphatic heterocycles. The van der Waals surface area contributed by atoms with Crippen LogP contribution in [0.3, 0.4) is 0 Å². The Morgan fingerprint density at radius 3 is 2.94 bits per heavy atom. The summed E-state index contributed by atoms with van der Waals surface area (Å²) in [5, 5.41) is 17.9. The highest BCUT2D eigenvalue weighted by molar-refractivity contribution is 5.86. The minimum atomic E-state index is 0.0298. The number of aliphatic hydroxyl groups excluding tert-OH is 1. The van der Waals surface area contributed by atoms with Crippen molar-refractivity contribution in [3.63, 3.8) is 0 Å². The first-order chi connectivity index (χ1) is 16.6. The van der Waals surface area contributed by atoms with Crippen LogP contribution in [0.5, 0.6) is 5.75 Å². The third-order valence-electron chi connectivity index (χ3n) is 6.07. The van der Waals surface area contributed by atoms with Gasteiger partial charge in [-0.25, -0.2) is 4.98 Å². The average Bonchev–Trinajstić information content (AvgIpc) is 3.50. The van der Waals surface area contributed by atoms with Gasteiger partial charge in [-0.3, -0.25) is 4.68 Å². The smallest absolute Gasteiger partial charge is 0.222 e. The van der Waals surface area contributed by atoms with Gasteiger partial charge in [0.05, 0.1) is 33.1 Å². The Kier molecular flexibility index (Phi) is 8.15. The molecule has 0 spiro atoms. The van der Waals surface area contributed by atoms with Crippen molar-refractivity contribution in [2.75, 3.05) is 50.7 Å². The fourth-order valence-corrected chi connectivity index (χ4v) is 4.22. The maximum atomic E-state index is 9.55. The summed E-state index contributed by atoms with van der Waals surface area (Å²) >= 11 is 0. The van der Waals surface area contributed by atoms with Crippen molar-refractivity contribution in [3.8, 4) is 5.75 Å². The summed E-state index contributed by atoms with van der Waals surface area (Å²) < 4.78 is 13.0. The summed E-state index contributed by atoms with van der Waals surface area (Å²) in [6, 6.07) is 6.67. The van der Waals surface area contributed by atoms with E-state index in [1.54, 1.807) is 7.11 Å². The third-order valence-corrected chi connectivity index (χ3v) is 6.07. The highest BCUT2D eigenvalue weighted by Gasteiger charge is 2.18. The summed E-state index contributed by atoms with van der Waals surface area (Å²) in [4.78, 5) is 10.9. The number of nitrogens with zero attached hydrogens (tertiary/aromatic N) is 5. The lowest BCUT2D eigenvalue weighted by Gasteiger charge is -2.22. The number of aromatic nitrogens is 4. The Bertz CT molecular complexity index is 1080. The van der Waals surface area contributed by atoms with Crippen LogP contribution in [0.15, 0.2) is 24.4 Å². The van der Waals surface area contributed by atoms with Crippen LogP contribution >= 0.6 is 0 Å². The Balaban J connectivity index is 1.55. The maximum Gasteiger partial charge on any atom is 0.222 e. The molecule has 0 amide bonds. The van der Waals surface area contributed by atoms with Gasteiger partial charge in [0.2, 0.25) is 5.95 Å². The van der Waals surface area contributed by atoms with Gasteiger partial charge in [-0.15, -0.1) is 0 Å². The second-order valence-electron chi connectivity index (χ2n) is 8.62. The molecule has 4 rings (SSSR count). The number of benzene rings is 1. The number of hydrogen-bond donors (Lipinski definition) is 3. The fourth-order valence-electron chi connectivity index (χ4n) is 4.22. The molecule has 1 unspecified atom stereocenters. The first-order valence-corrected chi connectivity index (χ1v) is 11.9. The maximum absolute atomic E-state index is 9.55. The SMILES string of the molecule is CCCCN(CCO)c1nc(N)nc2cn(Cc3ccc(CNC4CCOC4)cc3OC)nc12. The standard InChI is InChI=1S/C24H35N7O3/c1-3-4-8-30(9-10-32)23-22-20(27-24(25)28-23)15-31(29-22)14-18-6-5-17(12-21(18)33-2)13-26-19-7-11-34-16-19/h5-6,12,15,19,26,32H,3-4,7-11,13-14,16H2,1-2H3,(H2,25,27). The summed E-state index contributed by atoms with van der Waals surface area (Å²) in [6.45, 7) is 6.29. The number of rotatable bonds is 12. The first-order valence-electron chi connectivity index (χ1n) is 11.9. The molecule has 0 aliphatic carbocycles. The predicted octanol–water partition coefficient (Wildman–Crippen LogP) is 1.94. The van der Waals surface area contributed by atoms with Crippen molar-refractivity contribution in [3.05, 3.63) is 35.5 Å². The number of nitrogens with two attached hydrogens (primary N) is 1. The van der Waals surface area contributed by atoms with E-state index in [2.05, 4.69) is 40.4 Å². The zero-order valence-electron chi connectivity index (χ0n) is 20.0. The topological polar surface area (TPSA) is 124 Å². The number of anilines is 2. The highest BCUT2D eigenvalue weighted by Crippen LogP contribution is 2.26. The summed E-state index contributed by atoms with van der Waals surface area (Å²) in [5.41, 5.74) is 9.54. The molecule has 34 heavy (non-hydrogen) atoms. The monoisotopic (exact) mass is 469 g/mol. The fraction of sp³-hybridized carbons (Fsp3) is 0.542. The molecule has 3 heterocycles. The van der Waals surface area contributed by atoms with Crippen LogP contribution in [0.1, 0.15) is 37.3 Å². The molecule has 1 atom stereocenters. The van der Waals surface area contributed by atoms with E-state index in [0.29, 0.717) is 36.0 Å². The summed E-state index contributed by atoms with van der Waals surface area (Å²) in [5.74, 6) is 1.67. The molecule has 1 aliphatic rings. The lowest BCUT2D eigenvalue weighted by atomic mass is 10.1. The average molecular weight is 470 g/mol. The van der Waals surface area contributed by atoms with E-state index in [-0.39, 0.29) is 12.6 Å². The first kappa shape index (κ1) is 24.2. The van der Waals surface area contributed by atoms with Crippen LogP contribution < -0.4 is 20.7 Å². The molecule has 1 fully saturated rings. The van der Waals surface area contributed by atoms with E-state index >= 15 is 0 Å². The molecule has 0 bridgehead atoms. The van der Waals surface area contributed by atoms with Gasteiger partial charge in [0.15, 0.2) is 11.3 Å². The molecule has 184 valence electrons. The third kappa shape index (κ3) is 5.75. The van der Waals surface area contributed by atoms with Crippen LogP contribution in [0.4, 0.5) is 11.8 Å². The summed E-state index contributed by atoms with van der Waals surface area (Å²) in [7, 11) is 1.69. The highest BCUT2D eigenvalue weighted by atomic mass is 16.5. The number of ether oxygens (including phenoxy) is 2. The number of aliphatic hydroxyl groups is 1. The van der Waals surface area contributed by atoms with Crippen molar-refractivity contribution in [1.82, 2.24) is 25.1 Å². The lowest BCUT2D eigenvalue weighted by Crippen LogP contribution is -2.29. The Morgan fingerprint density at radius 2 is 2.21 bits per heavy atom. The molecular weight excluding hydrogens is 434 g/mol. The van der Waals surface area contributed by atoms with Gasteiger partial charge in [-0.1, -0.05) is 25.5 Å². The molecule has 3 aromatic rings. The number of nitrogens with one attached hydrogen (secondary N) is 1. The zero-order chi connectivity index (χ0) is 23.9.